The second kappa shape index (κ2) is 7.29. The minimum absolute atomic E-state index is 0.0890. The van der Waals surface area contributed by atoms with Gasteiger partial charge in [-0.2, -0.15) is 0 Å². The first-order valence-electron chi connectivity index (χ1n) is 7.99. The smallest absolute Gasteiger partial charge is 0.231 e. The summed E-state index contributed by atoms with van der Waals surface area (Å²) < 4.78 is 41.9. The number of sulfone groups is 1. The van der Waals surface area contributed by atoms with Crippen LogP contribution in [0.4, 0.5) is 10.1 Å². The SMILES string of the molecule is COc1ccc(CC(=O)N(c2ccc(F)cc2)[C@@H]2C=CS(=O)(=O)C2)cc1. The summed E-state index contributed by atoms with van der Waals surface area (Å²) in [4.78, 5) is 14.3. The van der Waals surface area contributed by atoms with E-state index in [0.717, 1.165) is 11.0 Å². The van der Waals surface area contributed by atoms with Gasteiger partial charge in [0.25, 0.3) is 0 Å². The zero-order valence-corrected chi connectivity index (χ0v) is 14.9. The highest BCUT2D eigenvalue weighted by Gasteiger charge is 2.31. The van der Waals surface area contributed by atoms with Gasteiger partial charge in [0.05, 0.1) is 25.3 Å². The number of hydrogen-bond donors (Lipinski definition) is 0. The minimum Gasteiger partial charge on any atom is -0.497 e. The first-order chi connectivity index (χ1) is 12.4. The van der Waals surface area contributed by atoms with Crippen molar-refractivity contribution >= 4 is 21.4 Å². The van der Waals surface area contributed by atoms with E-state index in [1.165, 1.54) is 35.2 Å². The van der Waals surface area contributed by atoms with E-state index in [2.05, 4.69) is 0 Å². The van der Waals surface area contributed by atoms with Crippen LogP contribution in [0.25, 0.3) is 0 Å². The van der Waals surface area contributed by atoms with Gasteiger partial charge < -0.3 is 9.64 Å². The number of carbonyl (C=O) groups is 1. The van der Waals surface area contributed by atoms with E-state index < -0.39 is 21.7 Å². The molecule has 1 heterocycles. The number of rotatable bonds is 5. The number of carbonyl (C=O) groups excluding carboxylic acids is 1. The molecule has 136 valence electrons. The topological polar surface area (TPSA) is 63.7 Å². The van der Waals surface area contributed by atoms with Crippen LogP contribution in [-0.4, -0.2) is 33.2 Å². The van der Waals surface area contributed by atoms with Crippen LogP contribution in [-0.2, 0) is 21.1 Å². The third-order valence-corrected chi connectivity index (χ3v) is 5.51. The monoisotopic (exact) mass is 375 g/mol. The van der Waals surface area contributed by atoms with Crippen molar-refractivity contribution in [1.29, 1.82) is 0 Å². The zero-order valence-electron chi connectivity index (χ0n) is 14.1. The molecule has 0 saturated carbocycles. The molecule has 1 amide bonds. The summed E-state index contributed by atoms with van der Waals surface area (Å²) in [6, 6.07) is 11.9. The average molecular weight is 375 g/mol. The van der Waals surface area contributed by atoms with Gasteiger partial charge in [-0.1, -0.05) is 12.1 Å². The number of methoxy groups -OCH3 is 1. The fraction of sp³-hybridized carbons (Fsp3) is 0.211. The molecule has 0 spiro atoms. The highest BCUT2D eigenvalue weighted by Crippen LogP contribution is 2.24. The summed E-state index contributed by atoms with van der Waals surface area (Å²) in [6.45, 7) is 0. The minimum atomic E-state index is -3.34. The molecule has 1 aliphatic heterocycles. The molecular formula is C19H18FNO4S. The van der Waals surface area contributed by atoms with Gasteiger partial charge in [-0.3, -0.25) is 4.79 Å². The van der Waals surface area contributed by atoms with E-state index in [9.17, 15) is 17.6 Å². The van der Waals surface area contributed by atoms with Crippen LogP contribution in [0.15, 0.2) is 60.0 Å². The third-order valence-electron chi connectivity index (χ3n) is 4.13. The van der Waals surface area contributed by atoms with Crippen molar-refractivity contribution in [2.45, 2.75) is 12.5 Å². The van der Waals surface area contributed by atoms with E-state index in [-0.39, 0.29) is 18.1 Å². The molecule has 0 unspecified atom stereocenters. The van der Waals surface area contributed by atoms with Gasteiger partial charge in [0.15, 0.2) is 9.84 Å². The molecule has 5 nitrogen and oxygen atoms in total. The Bertz CT molecular complexity index is 921. The van der Waals surface area contributed by atoms with E-state index in [1.54, 1.807) is 31.4 Å². The molecule has 2 aromatic carbocycles. The van der Waals surface area contributed by atoms with E-state index in [4.69, 9.17) is 4.74 Å². The lowest BCUT2D eigenvalue weighted by Crippen LogP contribution is -2.42. The highest BCUT2D eigenvalue weighted by molar-refractivity contribution is 7.94. The number of ether oxygens (including phenoxy) is 1. The molecule has 26 heavy (non-hydrogen) atoms. The Labute approximate surface area is 151 Å². The Morgan fingerprint density at radius 1 is 1.15 bits per heavy atom. The van der Waals surface area contributed by atoms with Gasteiger partial charge in [-0.05, 0) is 48.0 Å². The summed E-state index contributed by atoms with van der Waals surface area (Å²) in [5.41, 5.74) is 1.23. The van der Waals surface area contributed by atoms with Gasteiger partial charge in [0, 0.05) is 11.1 Å². The Morgan fingerprint density at radius 2 is 1.81 bits per heavy atom. The standard InChI is InChI=1S/C19H18FNO4S/c1-25-18-8-2-14(3-9-18)12-19(22)21(16-6-4-15(20)5-7-16)17-10-11-26(23,24)13-17/h2-11,17H,12-13H2,1H3/t17-/m1/s1. The maximum atomic E-state index is 13.2. The van der Waals surface area contributed by atoms with Crippen molar-refractivity contribution in [2.24, 2.45) is 0 Å². The van der Waals surface area contributed by atoms with Crippen molar-refractivity contribution in [1.82, 2.24) is 0 Å². The van der Waals surface area contributed by atoms with Crippen molar-refractivity contribution in [3.63, 3.8) is 0 Å². The molecular weight excluding hydrogens is 357 g/mol. The van der Waals surface area contributed by atoms with Gasteiger partial charge in [-0.15, -0.1) is 0 Å². The Morgan fingerprint density at radius 3 is 2.35 bits per heavy atom. The highest BCUT2D eigenvalue weighted by atomic mass is 32.2. The van der Waals surface area contributed by atoms with Gasteiger partial charge in [0.2, 0.25) is 5.91 Å². The third kappa shape index (κ3) is 4.11. The van der Waals surface area contributed by atoms with Crippen LogP contribution in [0.1, 0.15) is 5.56 Å². The normalized spacial score (nSPS) is 17.8. The van der Waals surface area contributed by atoms with Gasteiger partial charge in [-0.25, -0.2) is 12.8 Å². The van der Waals surface area contributed by atoms with Gasteiger partial charge >= 0.3 is 0 Å². The maximum absolute atomic E-state index is 13.2. The molecule has 3 rings (SSSR count). The molecule has 0 saturated heterocycles. The lowest BCUT2D eigenvalue weighted by molar-refractivity contribution is -0.118. The molecule has 0 aliphatic carbocycles. The van der Waals surface area contributed by atoms with Crippen LogP contribution in [0.5, 0.6) is 5.75 Å². The fourth-order valence-corrected chi connectivity index (χ4v) is 4.11. The number of anilines is 1. The molecule has 0 aromatic heterocycles. The molecule has 7 heteroatoms. The average Bonchev–Trinajstić information content (AvgIpc) is 2.97. The Balaban J connectivity index is 1.88. The van der Waals surface area contributed by atoms with E-state index in [0.29, 0.717) is 11.4 Å². The number of hydrogen-bond acceptors (Lipinski definition) is 4. The van der Waals surface area contributed by atoms with Gasteiger partial charge in [0.1, 0.15) is 11.6 Å². The quantitative estimate of drug-likeness (QED) is 0.806. The first-order valence-corrected chi connectivity index (χ1v) is 9.71. The van der Waals surface area contributed by atoms with Crippen molar-refractivity contribution in [3.8, 4) is 5.75 Å². The number of benzene rings is 2. The van der Waals surface area contributed by atoms with Crippen molar-refractivity contribution in [3.05, 3.63) is 71.4 Å². The van der Waals surface area contributed by atoms with Crippen molar-refractivity contribution in [2.75, 3.05) is 17.8 Å². The summed E-state index contributed by atoms with van der Waals surface area (Å²) in [5, 5.41) is 1.12. The summed E-state index contributed by atoms with van der Waals surface area (Å²) in [6.07, 6.45) is 1.58. The van der Waals surface area contributed by atoms with Crippen LogP contribution in [0.3, 0.4) is 0 Å². The number of amides is 1. The van der Waals surface area contributed by atoms with Crippen LogP contribution in [0, 0.1) is 5.82 Å². The molecule has 2 aromatic rings. The summed E-state index contributed by atoms with van der Waals surface area (Å²) in [5.74, 6) is -0.195. The molecule has 1 atom stereocenters. The van der Waals surface area contributed by atoms with Crippen LogP contribution >= 0.6 is 0 Å². The lowest BCUT2D eigenvalue weighted by Gasteiger charge is -2.28. The zero-order chi connectivity index (χ0) is 18.7. The van der Waals surface area contributed by atoms with Crippen LogP contribution in [0.2, 0.25) is 0 Å². The fourth-order valence-electron chi connectivity index (χ4n) is 2.85. The summed E-state index contributed by atoms with van der Waals surface area (Å²) >= 11 is 0. The predicted octanol–water partition coefficient (Wildman–Crippen LogP) is 2.72. The predicted molar refractivity (Wildman–Crippen MR) is 97.3 cm³/mol. The van der Waals surface area contributed by atoms with Crippen LogP contribution < -0.4 is 9.64 Å². The molecule has 0 N–H and O–H groups in total. The lowest BCUT2D eigenvalue weighted by atomic mass is 10.1. The summed E-state index contributed by atoms with van der Waals surface area (Å²) in [7, 11) is -1.78. The second-order valence-electron chi connectivity index (χ2n) is 5.99. The largest absolute Gasteiger partial charge is 0.497 e. The molecule has 0 fully saturated rings. The number of nitrogens with zero attached hydrogens (tertiary/aromatic N) is 1. The first kappa shape index (κ1) is 18.1. The Hall–Kier alpha value is -2.67. The maximum Gasteiger partial charge on any atom is 0.231 e. The Kier molecular flexibility index (Phi) is 5.08. The second-order valence-corrected chi connectivity index (χ2v) is 7.92. The molecule has 0 bridgehead atoms. The van der Waals surface area contributed by atoms with E-state index >= 15 is 0 Å². The number of halogens is 1. The van der Waals surface area contributed by atoms with Crippen molar-refractivity contribution < 1.29 is 22.3 Å². The molecule has 0 radical (unpaired) electrons. The van der Waals surface area contributed by atoms with E-state index in [1.807, 2.05) is 0 Å². The molecule has 1 aliphatic rings.